The van der Waals surface area contributed by atoms with Crippen molar-refractivity contribution >= 4 is 29.7 Å². The number of halogens is 1. The van der Waals surface area contributed by atoms with Gasteiger partial charge in [-0.3, -0.25) is 9.59 Å². The Morgan fingerprint density at radius 1 is 1.22 bits per heavy atom. The Balaban J connectivity index is 0.00000192. The molecule has 3 heterocycles. The van der Waals surface area contributed by atoms with Crippen LogP contribution in [0, 0.1) is 25.7 Å². The van der Waals surface area contributed by atoms with Gasteiger partial charge in [-0.05, 0) is 51.6 Å². The Kier molecular flexibility index (Phi) is 6.28. The van der Waals surface area contributed by atoms with Gasteiger partial charge >= 0.3 is 4.87 Å². The number of hydrogen-bond donors (Lipinski definition) is 1. The fourth-order valence-electron chi connectivity index (χ4n) is 3.68. The molecule has 0 radical (unpaired) electrons. The zero-order chi connectivity index (χ0) is 15.7. The maximum absolute atomic E-state index is 12.5. The maximum atomic E-state index is 12.5. The van der Waals surface area contributed by atoms with Crippen molar-refractivity contribution in [3.05, 3.63) is 20.2 Å². The molecule has 2 aliphatic heterocycles. The van der Waals surface area contributed by atoms with Crippen molar-refractivity contribution in [2.75, 3.05) is 26.2 Å². The third-order valence-electron chi connectivity index (χ3n) is 5.30. The van der Waals surface area contributed by atoms with Crippen molar-refractivity contribution in [1.29, 1.82) is 0 Å². The summed E-state index contributed by atoms with van der Waals surface area (Å²) in [5.74, 6) is 1.67. The second kappa shape index (κ2) is 7.81. The molecule has 0 saturated carbocycles. The predicted molar refractivity (Wildman–Crippen MR) is 95.6 cm³/mol. The maximum Gasteiger partial charge on any atom is 0.307 e. The van der Waals surface area contributed by atoms with Crippen LogP contribution >= 0.6 is 23.7 Å². The fraction of sp³-hybridized carbons (Fsp3) is 0.750. The lowest BCUT2D eigenvalue weighted by Gasteiger charge is -2.21. The molecule has 5 nitrogen and oxygen atoms in total. The van der Waals surface area contributed by atoms with Gasteiger partial charge in [0, 0.05) is 36.6 Å². The number of nitrogens with zero attached hydrogens (tertiary/aromatic N) is 2. The van der Waals surface area contributed by atoms with Gasteiger partial charge in [-0.25, -0.2) is 0 Å². The molecule has 130 valence electrons. The summed E-state index contributed by atoms with van der Waals surface area (Å²) in [6.45, 7) is 8.39. The van der Waals surface area contributed by atoms with Crippen molar-refractivity contribution in [2.24, 2.45) is 11.8 Å². The summed E-state index contributed by atoms with van der Waals surface area (Å²) in [4.78, 5) is 27.5. The van der Waals surface area contributed by atoms with E-state index in [0.29, 0.717) is 13.0 Å². The highest BCUT2D eigenvalue weighted by atomic mass is 35.5. The van der Waals surface area contributed by atoms with Crippen LogP contribution in [0.15, 0.2) is 4.79 Å². The average Bonchev–Trinajstić information content (AvgIpc) is 2.96. The molecule has 0 aromatic carbocycles. The second-order valence-corrected chi connectivity index (χ2v) is 7.71. The van der Waals surface area contributed by atoms with E-state index in [4.69, 9.17) is 0 Å². The van der Waals surface area contributed by atoms with Crippen LogP contribution in [0.3, 0.4) is 0 Å². The van der Waals surface area contributed by atoms with Crippen LogP contribution in [-0.4, -0.2) is 41.6 Å². The van der Waals surface area contributed by atoms with Gasteiger partial charge < -0.3 is 14.8 Å². The molecular formula is C16H26ClN3O2S. The van der Waals surface area contributed by atoms with Gasteiger partial charge in [-0.1, -0.05) is 11.3 Å². The summed E-state index contributed by atoms with van der Waals surface area (Å²) in [6, 6.07) is 0. The van der Waals surface area contributed by atoms with Gasteiger partial charge in [-0.15, -0.1) is 12.4 Å². The second-order valence-electron chi connectivity index (χ2n) is 6.55. The van der Waals surface area contributed by atoms with Crippen LogP contribution in [0.2, 0.25) is 0 Å². The normalized spacial score (nSPS) is 24.0. The van der Waals surface area contributed by atoms with Crippen LogP contribution in [-0.2, 0) is 11.3 Å². The van der Waals surface area contributed by atoms with Crippen molar-refractivity contribution in [2.45, 2.75) is 39.7 Å². The first-order valence-electron chi connectivity index (χ1n) is 8.21. The van der Waals surface area contributed by atoms with Crippen LogP contribution in [0.1, 0.15) is 29.8 Å². The fourth-order valence-corrected chi connectivity index (χ4v) is 4.54. The Hall–Kier alpha value is -0.850. The number of rotatable bonds is 3. The molecule has 2 atom stereocenters. The third kappa shape index (κ3) is 3.98. The van der Waals surface area contributed by atoms with E-state index in [0.717, 1.165) is 61.4 Å². The number of fused-ring (bicyclic) bond motifs is 1. The molecule has 3 rings (SSSR count). The molecule has 1 aromatic heterocycles. The number of aromatic nitrogens is 1. The number of nitrogens with one attached hydrogen (secondary N) is 1. The summed E-state index contributed by atoms with van der Waals surface area (Å²) in [5.41, 5.74) is 0.999. The first-order chi connectivity index (χ1) is 10.6. The Labute approximate surface area is 147 Å². The first kappa shape index (κ1) is 18.5. The van der Waals surface area contributed by atoms with Gasteiger partial charge in [0.15, 0.2) is 0 Å². The quantitative estimate of drug-likeness (QED) is 0.895. The zero-order valence-corrected chi connectivity index (χ0v) is 15.5. The Morgan fingerprint density at radius 2 is 1.83 bits per heavy atom. The van der Waals surface area contributed by atoms with E-state index in [2.05, 4.69) is 5.32 Å². The molecule has 2 saturated heterocycles. The molecule has 0 aliphatic carbocycles. The monoisotopic (exact) mass is 359 g/mol. The van der Waals surface area contributed by atoms with E-state index >= 15 is 0 Å². The van der Waals surface area contributed by atoms with Crippen molar-refractivity contribution in [3.8, 4) is 0 Å². The molecule has 0 unspecified atom stereocenters. The highest BCUT2D eigenvalue weighted by molar-refractivity contribution is 7.09. The predicted octanol–water partition coefficient (Wildman–Crippen LogP) is 1.80. The lowest BCUT2D eigenvalue weighted by Crippen LogP contribution is -2.33. The molecule has 1 N–H and O–H groups in total. The van der Waals surface area contributed by atoms with Crippen molar-refractivity contribution in [3.63, 3.8) is 0 Å². The average molecular weight is 360 g/mol. The molecule has 1 amide bonds. The summed E-state index contributed by atoms with van der Waals surface area (Å²) in [7, 11) is 0. The summed E-state index contributed by atoms with van der Waals surface area (Å²) >= 11 is 1.27. The van der Waals surface area contributed by atoms with Crippen LogP contribution in [0.5, 0.6) is 0 Å². The standard InChI is InChI=1S/C16H25N3O2S.ClH/c1-11-12(2)22-16(21)19(11)8-5-15(20)18-6-3-13-9-17-10-14(13)4-7-18;/h13-14,17H,3-10H2,1-2H3;1H/t13-,14+;. The van der Waals surface area contributed by atoms with Crippen LogP contribution < -0.4 is 10.2 Å². The lowest BCUT2D eigenvalue weighted by atomic mass is 9.92. The van der Waals surface area contributed by atoms with Crippen molar-refractivity contribution < 1.29 is 4.79 Å². The summed E-state index contributed by atoms with van der Waals surface area (Å²) in [6.07, 6.45) is 2.66. The SMILES string of the molecule is Cc1sc(=O)n(CCC(=O)N2CC[C@@H]3CNC[C@@H]3CC2)c1C.Cl. The number of aryl methyl sites for hydroxylation is 1. The van der Waals surface area contributed by atoms with E-state index in [1.807, 2.05) is 18.7 Å². The molecule has 2 aliphatic rings. The van der Waals surface area contributed by atoms with Gasteiger partial charge in [-0.2, -0.15) is 0 Å². The minimum absolute atomic E-state index is 0. The Morgan fingerprint density at radius 3 is 2.35 bits per heavy atom. The van der Waals surface area contributed by atoms with Crippen LogP contribution in [0.25, 0.3) is 0 Å². The van der Waals surface area contributed by atoms with Gasteiger partial charge in [0.05, 0.1) is 0 Å². The van der Waals surface area contributed by atoms with E-state index in [-0.39, 0.29) is 23.2 Å². The summed E-state index contributed by atoms with van der Waals surface area (Å²) in [5, 5.41) is 3.46. The van der Waals surface area contributed by atoms with E-state index in [1.165, 1.54) is 11.3 Å². The minimum atomic E-state index is 0. The molecular weight excluding hydrogens is 334 g/mol. The highest BCUT2D eigenvalue weighted by Crippen LogP contribution is 2.27. The minimum Gasteiger partial charge on any atom is -0.343 e. The zero-order valence-electron chi connectivity index (χ0n) is 13.8. The topological polar surface area (TPSA) is 54.3 Å². The number of carbonyl (C=O) groups excluding carboxylic acids is 1. The van der Waals surface area contributed by atoms with Gasteiger partial charge in [0.1, 0.15) is 0 Å². The molecule has 0 spiro atoms. The number of amides is 1. The lowest BCUT2D eigenvalue weighted by molar-refractivity contribution is -0.131. The molecule has 23 heavy (non-hydrogen) atoms. The van der Waals surface area contributed by atoms with Crippen LogP contribution in [0.4, 0.5) is 0 Å². The highest BCUT2D eigenvalue weighted by Gasteiger charge is 2.31. The number of thiazole rings is 1. The van der Waals surface area contributed by atoms with Gasteiger partial charge in [0.25, 0.3) is 0 Å². The van der Waals surface area contributed by atoms with Gasteiger partial charge in [0.2, 0.25) is 5.91 Å². The van der Waals surface area contributed by atoms with E-state index < -0.39 is 0 Å². The Bertz CT molecular complexity index is 599. The largest absolute Gasteiger partial charge is 0.343 e. The van der Waals surface area contributed by atoms with E-state index in [9.17, 15) is 9.59 Å². The first-order valence-corrected chi connectivity index (χ1v) is 9.03. The molecule has 2 fully saturated rings. The number of hydrogen-bond acceptors (Lipinski definition) is 4. The van der Waals surface area contributed by atoms with E-state index in [1.54, 1.807) is 4.57 Å². The molecule has 1 aromatic rings. The molecule has 7 heteroatoms. The third-order valence-corrected chi connectivity index (χ3v) is 6.29. The smallest absolute Gasteiger partial charge is 0.307 e. The molecule has 0 bridgehead atoms. The van der Waals surface area contributed by atoms with Crippen molar-refractivity contribution in [1.82, 2.24) is 14.8 Å². The number of carbonyl (C=O) groups is 1. The number of likely N-dealkylation sites (tertiary alicyclic amines) is 1. The summed E-state index contributed by atoms with van der Waals surface area (Å²) < 4.78 is 1.74.